The monoisotopic (exact) mass is 421 g/mol. The van der Waals surface area contributed by atoms with Gasteiger partial charge in [0, 0.05) is 28.2 Å². The number of benzene rings is 2. The van der Waals surface area contributed by atoms with Crippen molar-refractivity contribution in [2.24, 2.45) is 5.10 Å². The number of carbonyl (C=O) groups is 2. The number of amides is 1. The molecule has 0 fully saturated rings. The fourth-order valence-corrected chi connectivity index (χ4v) is 3.17. The zero-order valence-electron chi connectivity index (χ0n) is 17.8. The number of rotatable bonds is 6. The Morgan fingerprint density at radius 3 is 2.26 bits per heavy atom. The molecule has 6 nitrogen and oxygen atoms in total. The molecule has 1 heterocycles. The number of esters is 1. The lowest BCUT2D eigenvalue weighted by molar-refractivity contribution is 0.0378. The Balaban J connectivity index is 1.74. The van der Waals surface area contributed by atoms with Gasteiger partial charge < -0.3 is 9.30 Å². The Bertz CT molecular complexity index is 1110. The van der Waals surface area contributed by atoms with Crippen LogP contribution in [0, 0.1) is 19.7 Å². The van der Waals surface area contributed by atoms with Crippen LogP contribution >= 0.6 is 0 Å². The van der Waals surface area contributed by atoms with E-state index in [1.165, 1.54) is 24.3 Å². The van der Waals surface area contributed by atoms with Gasteiger partial charge in [-0.2, -0.15) is 5.10 Å². The number of hydrogen-bond acceptors (Lipinski definition) is 4. The number of nitrogens with one attached hydrogen (secondary N) is 1. The van der Waals surface area contributed by atoms with Gasteiger partial charge in [-0.15, -0.1) is 0 Å². The first-order valence-electron chi connectivity index (χ1n) is 9.85. The highest BCUT2D eigenvalue weighted by Crippen LogP contribution is 2.20. The number of aromatic nitrogens is 1. The number of halogens is 1. The quantitative estimate of drug-likeness (QED) is 0.360. The van der Waals surface area contributed by atoms with Crippen LogP contribution in [0.3, 0.4) is 0 Å². The lowest BCUT2D eigenvalue weighted by Gasteiger charge is -2.11. The number of aryl methyl sites for hydroxylation is 1. The summed E-state index contributed by atoms with van der Waals surface area (Å²) in [6, 6.07) is 14.4. The molecule has 1 amide bonds. The van der Waals surface area contributed by atoms with Crippen LogP contribution in [-0.2, 0) is 4.74 Å². The van der Waals surface area contributed by atoms with Gasteiger partial charge in [-0.3, -0.25) is 4.79 Å². The molecule has 1 N–H and O–H groups in total. The summed E-state index contributed by atoms with van der Waals surface area (Å²) in [6.45, 7) is 7.52. The second kappa shape index (κ2) is 9.38. The van der Waals surface area contributed by atoms with Crippen molar-refractivity contribution in [2.45, 2.75) is 33.8 Å². The van der Waals surface area contributed by atoms with Gasteiger partial charge in [-0.25, -0.2) is 14.6 Å². The summed E-state index contributed by atoms with van der Waals surface area (Å²) in [7, 11) is 0. The predicted molar refractivity (Wildman–Crippen MR) is 117 cm³/mol. The average Bonchev–Trinajstić information content (AvgIpc) is 3.01. The fourth-order valence-electron chi connectivity index (χ4n) is 3.17. The van der Waals surface area contributed by atoms with Crippen LogP contribution in [0.1, 0.15) is 51.5 Å². The van der Waals surface area contributed by atoms with E-state index in [9.17, 15) is 14.0 Å². The summed E-state index contributed by atoms with van der Waals surface area (Å²) in [5, 5.41) is 4.02. The van der Waals surface area contributed by atoms with Crippen molar-refractivity contribution in [3.63, 3.8) is 0 Å². The Morgan fingerprint density at radius 2 is 1.65 bits per heavy atom. The highest BCUT2D eigenvalue weighted by atomic mass is 19.1. The van der Waals surface area contributed by atoms with Gasteiger partial charge in [0.2, 0.25) is 0 Å². The third-order valence-electron chi connectivity index (χ3n) is 4.65. The van der Waals surface area contributed by atoms with Crippen molar-refractivity contribution in [1.82, 2.24) is 9.99 Å². The van der Waals surface area contributed by atoms with Crippen molar-refractivity contribution < 1.29 is 18.7 Å². The lowest BCUT2D eigenvalue weighted by atomic mass is 10.2. The highest BCUT2D eigenvalue weighted by Gasteiger charge is 2.12. The number of carbonyl (C=O) groups excluding carboxylic acids is 2. The van der Waals surface area contributed by atoms with Crippen molar-refractivity contribution in [1.29, 1.82) is 0 Å². The van der Waals surface area contributed by atoms with E-state index in [0.717, 1.165) is 22.6 Å². The molecule has 3 aromatic rings. The molecule has 1 aromatic heterocycles. The maximum Gasteiger partial charge on any atom is 0.338 e. The average molecular weight is 421 g/mol. The number of ether oxygens (including phenoxy) is 1. The van der Waals surface area contributed by atoms with Crippen molar-refractivity contribution in [2.75, 3.05) is 0 Å². The minimum Gasteiger partial charge on any atom is -0.459 e. The molecule has 0 aliphatic rings. The van der Waals surface area contributed by atoms with Crippen LogP contribution in [0.2, 0.25) is 0 Å². The van der Waals surface area contributed by atoms with E-state index < -0.39 is 11.7 Å². The number of hydrogen-bond donors (Lipinski definition) is 1. The topological polar surface area (TPSA) is 72.7 Å². The molecule has 7 heteroatoms. The predicted octanol–water partition coefficient (Wildman–Crippen LogP) is 4.56. The molecule has 0 saturated carbocycles. The fraction of sp³-hybridized carbons (Fsp3) is 0.208. The third kappa shape index (κ3) is 5.25. The second-order valence-electron chi connectivity index (χ2n) is 7.37. The molecule has 0 unspecified atom stereocenters. The first-order valence-corrected chi connectivity index (χ1v) is 9.85. The van der Waals surface area contributed by atoms with Gasteiger partial charge in [0.05, 0.1) is 17.9 Å². The number of hydrazone groups is 1. The summed E-state index contributed by atoms with van der Waals surface area (Å²) in [6.07, 6.45) is 1.39. The molecule has 0 spiro atoms. The van der Waals surface area contributed by atoms with Crippen LogP contribution in [0.4, 0.5) is 4.39 Å². The van der Waals surface area contributed by atoms with E-state index in [1.54, 1.807) is 18.3 Å². The highest BCUT2D eigenvalue weighted by molar-refractivity contribution is 5.95. The summed E-state index contributed by atoms with van der Waals surface area (Å²) in [4.78, 5) is 24.1. The largest absolute Gasteiger partial charge is 0.459 e. The van der Waals surface area contributed by atoms with Crippen molar-refractivity contribution in [3.8, 4) is 5.69 Å². The Morgan fingerprint density at radius 1 is 1.03 bits per heavy atom. The first kappa shape index (κ1) is 22.0. The van der Waals surface area contributed by atoms with Gasteiger partial charge in [0.1, 0.15) is 5.82 Å². The third-order valence-corrected chi connectivity index (χ3v) is 4.65. The van der Waals surface area contributed by atoms with E-state index in [-0.39, 0.29) is 12.1 Å². The van der Waals surface area contributed by atoms with Crippen LogP contribution in [0.5, 0.6) is 0 Å². The smallest absolute Gasteiger partial charge is 0.338 e. The molecule has 0 atom stereocenters. The zero-order valence-corrected chi connectivity index (χ0v) is 17.8. The number of nitrogens with zero attached hydrogens (tertiary/aromatic N) is 2. The summed E-state index contributed by atoms with van der Waals surface area (Å²) >= 11 is 0. The maximum absolute atomic E-state index is 13.0. The van der Waals surface area contributed by atoms with Gasteiger partial charge in [-0.05, 0) is 82.3 Å². The van der Waals surface area contributed by atoms with Crippen molar-refractivity contribution >= 4 is 18.1 Å². The van der Waals surface area contributed by atoms with Crippen LogP contribution in [0.15, 0.2) is 59.7 Å². The van der Waals surface area contributed by atoms with Crippen LogP contribution in [-0.4, -0.2) is 28.8 Å². The van der Waals surface area contributed by atoms with E-state index in [1.807, 2.05) is 50.5 Å². The standard InChI is InChI=1S/C24H24FN3O3/c1-15(2)31-24(30)19-7-11-22(12-8-19)28-16(3)13-20(17(28)4)14-26-27-23(29)18-5-9-21(25)10-6-18/h5-15H,1-4H3,(H,27,29)/b26-14-. The zero-order chi connectivity index (χ0) is 22.5. The molecule has 0 aliphatic heterocycles. The summed E-state index contributed by atoms with van der Waals surface area (Å²) < 4.78 is 20.2. The molecular weight excluding hydrogens is 397 g/mol. The van der Waals surface area contributed by atoms with E-state index in [0.29, 0.717) is 11.1 Å². The Kier molecular flexibility index (Phi) is 6.65. The van der Waals surface area contributed by atoms with Crippen molar-refractivity contribution in [3.05, 3.63) is 88.5 Å². The molecule has 160 valence electrons. The lowest BCUT2D eigenvalue weighted by Crippen LogP contribution is -2.17. The summed E-state index contributed by atoms with van der Waals surface area (Å²) in [5.41, 5.74) is 6.88. The molecule has 0 aliphatic carbocycles. The molecule has 3 rings (SSSR count). The minimum atomic E-state index is -0.422. The van der Waals surface area contributed by atoms with E-state index >= 15 is 0 Å². The molecule has 0 bridgehead atoms. The molecular formula is C24H24FN3O3. The SMILES string of the molecule is Cc1cc(/C=N\NC(=O)c2ccc(F)cc2)c(C)n1-c1ccc(C(=O)OC(C)C)cc1. The molecule has 0 radical (unpaired) electrons. The minimum absolute atomic E-state index is 0.175. The van der Waals surface area contributed by atoms with Crippen LogP contribution < -0.4 is 5.43 Å². The normalized spacial score (nSPS) is 11.2. The summed E-state index contributed by atoms with van der Waals surface area (Å²) in [5.74, 6) is -1.18. The molecule has 0 saturated heterocycles. The first-order chi connectivity index (χ1) is 14.8. The Labute approximate surface area is 180 Å². The van der Waals surface area contributed by atoms with Gasteiger partial charge in [-0.1, -0.05) is 0 Å². The van der Waals surface area contributed by atoms with Gasteiger partial charge in [0.25, 0.3) is 5.91 Å². The maximum atomic E-state index is 13.0. The van der Waals surface area contributed by atoms with E-state index in [4.69, 9.17) is 4.74 Å². The Hall–Kier alpha value is -3.74. The molecule has 31 heavy (non-hydrogen) atoms. The molecule has 2 aromatic carbocycles. The van der Waals surface area contributed by atoms with Crippen LogP contribution in [0.25, 0.3) is 5.69 Å². The van der Waals surface area contributed by atoms with Gasteiger partial charge >= 0.3 is 5.97 Å². The van der Waals surface area contributed by atoms with Gasteiger partial charge in [0.15, 0.2) is 0 Å². The van der Waals surface area contributed by atoms with E-state index in [2.05, 4.69) is 10.5 Å². The second-order valence-corrected chi connectivity index (χ2v) is 7.37.